The number of amides is 1. The highest BCUT2D eigenvalue weighted by Crippen LogP contribution is 2.49. The number of benzene rings is 2. The first-order chi connectivity index (χ1) is 21.7. The molecule has 11 nitrogen and oxygen atoms in total. The van der Waals surface area contributed by atoms with Gasteiger partial charge in [0.15, 0.2) is 0 Å². The van der Waals surface area contributed by atoms with Crippen LogP contribution in [0.5, 0.6) is 0 Å². The van der Waals surface area contributed by atoms with Gasteiger partial charge in [0.25, 0.3) is 0 Å². The molecule has 1 atom stereocenters. The lowest BCUT2D eigenvalue weighted by Gasteiger charge is -2.20. The van der Waals surface area contributed by atoms with Gasteiger partial charge in [-0.15, -0.1) is 11.3 Å². The number of anilines is 2. The third kappa shape index (κ3) is 6.12. The zero-order chi connectivity index (χ0) is 33.6. The molecule has 2 aromatic heterocycles. The fourth-order valence-corrected chi connectivity index (χ4v) is 7.44. The number of ether oxygens (including phenoxy) is 2. The van der Waals surface area contributed by atoms with Crippen LogP contribution in [0.2, 0.25) is 5.02 Å². The molecule has 1 aliphatic rings. The molecule has 0 spiro atoms. The molecule has 15 heteroatoms. The Hall–Kier alpha value is -3.90. The molecule has 1 aliphatic heterocycles. The lowest BCUT2D eigenvalue weighted by molar-refractivity contribution is -0.108. The predicted octanol–water partition coefficient (Wildman–Crippen LogP) is 7.13. The summed E-state index contributed by atoms with van der Waals surface area (Å²) in [4.78, 5) is 33.3. The number of aromatic nitrogens is 2. The second-order valence-electron chi connectivity index (χ2n) is 11.6. The minimum Gasteiger partial charge on any atom is -0.444 e. The standard InChI is InChI=1S/C31H31ClFN5O6S2/c1-6-8-15(12-39)35-27-23-19-14-43-13-18(19)21(24(32)25(23)36-29(37-27)46(41,42)7-2)16-9-10-20(33)26-22(16)17(11-34)28(45-26)38-30(40)44-31(3,4)5/h9-10,12,15H,6-8,13-14H2,1-5H3,(H,38,40)(H,35,36,37)/t15-/m1/s1. The topological polar surface area (TPSA) is 160 Å². The van der Waals surface area contributed by atoms with E-state index in [9.17, 15) is 23.3 Å². The Kier molecular flexibility index (Phi) is 9.25. The van der Waals surface area contributed by atoms with Gasteiger partial charge in [-0.25, -0.2) is 27.6 Å². The van der Waals surface area contributed by atoms with Crippen LogP contribution in [0, 0.1) is 17.1 Å². The van der Waals surface area contributed by atoms with Crippen molar-refractivity contribution < 1.29 is 31.9 Å². The van der Waals surface area contributed by atoms with Crippen LogP contribution in [0.4, 0.5) is 20.0 Å². The number of rotatable bonds is 9. The van der Waals surface area contributed by atoms with Gasteiger partial charge in [-0.05, 0) is 49.9 Å². The van der Waals surface area contributed by atoms with Gasteiger partial charge in [0.1, 0.15) is 34.6 Å². The summed E-state index contributed by atoms with van der Waals surface area (Å²) in [6.07, 6.45) is 1.07. The molecule has 0 radical (unpaired) electrons. The number of aldehydes is 1. The molecule has 0 aliphatic carbocycles. The summed E-state index contributed by atoms with van der Waals surface area (Å²) in [6, 6.07) is 4.13. The molecule has 242 valence electrons. The first-order valence-corrected chi connectivity index (χ1v) is 17.3. The van der Waals surface area contributed by atoms with Crippen LogP contribution in [-0.4, -0.2) is 48.2 Å². The van der Waals surface area contributed by atoms with E-state index in [-0.39, 0.29) is 56.0 Å². The number of fused-ring (bicyclic) bond motifs is 4. The van der Waals surface area contributed by atoms with Crippen molar-refractivity contribution in [3.8, 4) is 17.2 Å². The number of hydrogen-bond acceptors (Lipinski definition) is 11. The monoisotopic (exact) mass is 687 g/mol. The Morgan fingerprint density at radius 3 is 2.59 bits per heavy atom. The number of halogens is 2. The Bertz CT molecular complexity index is 2050. The van der Waals surface area contributed by atoms with Crippen LogP contribution in [0.1, 0.15) is 64.2 Å². The summed E-state index contributed by atoms with van der Waals surface area (Å²) in [5, 5.41) is 16.1. The van der Waals surface area contributed by atoms with Crippen molar-refractivity contribution in [3.63, 3.8) is 0 Å². The van der Waals surface area contributed by atoms with Crippen molar-refractivity contribution in [3.05, 3.63) is 39.7 Å². The molecule has 46 heavy (non-hydrogen) atoms. The van der Waals surface area contributed by atoms with Gasteiger partial charge in [-0.2, -0.15) is 5.26 Å². The molecule has 0 unspecified atom stereocenters. The van der Waals surface area contributed by atoms with Crippen molar-refractivity contribution in [1.29, 1.82) is 5.26 Å². The van der Waals surface area contributed by atoms with Gasteiger partial charge >= 0.3 is 6.09 Å². The molecule has 0 bridgehead atoms. The highest BCUT2D eigenvalue weighted by molar-refractivity contribution is 7.91. The number of hydrogen-bond donors (Lipinski definition) is 2. The average Bonchev–Trinajstić information content (AvgIpc) is 3.62. The van der Waals surface area contributed by atoms with Crippen molar-refractivity contribution in [2.24, 2.45) is 0 Å². The number of thiophene rings is 1. The second kappa shape index (κ2) is 12.7. The minimum absolute atomic E-state index is 0.00290. The van der Waals surface area contributed by atoms with Gasteiger partial charge in [0, 0.05) is 10.9 Å². The van der Waals surface area contributed by atoms with E-state index in [2.05, 4.69) is 26.7 Å². The van der Waals surface area contributed by atoms with E-state index in [1.165, 1.54) is 19.1 Å². The van der Waals surface area contributed by atoms with E-state index in [4.69, 9.17) is 21.1 Å². The Balaban J connectivity index is 1.83. The van der Waals surface area contributed by atoms with Gasteiger partial charge in [0.2, 0.25) is 15.0 Å². The number of carbonyl (C=O) groups excluding carboxylic acids is 2. The summed E-state index contributed by atoms with van der Waals surface area (Å²) < 4.78 is 52.7. The van der Waals surface area contributed by atoms with Crippen LogP contribution >= 0.6 is 22.9 Å². The van der Waals surface area contributed by atoms with Crippen molar-refractivity contribution in [2.75, 3.05) is 16.4 Å². The number of nitrogens with zero attached hydrogens (tertiary/aromatic N) is 3. The van der Waals surface area contributed by atoms with E-state index in [1.54, 1.807) is 20.8 Å². The van der Waals surface area contributed by atoms with Crippen LogP contribution in [0.25, 0.3) is 32.1 Å². The molecule has 4 aromatic rings. The molecule has 0 saturated carbocycles. The average molecular weight is 688 g/mol. The van der Waals surface area contributed by atoms with Gasteiger partial charge in [-0.1, -0.05) is 37.9 Å². The maximum atomic E-state index is 15.3. The minimum atomic E-state index is -3.93. The summed E-state index contributed by atoms with van der Waals surface area (Å²) >= 11 is 8.00. The molecule has 2 aromatic carbocycles. The molecule has 0 saturated heterocycles. The van der Waals surface area contributed by atoms with E-state index in [0.29, 0.717) is 40.5 Å². The molecular formula is C31H31ClFN5O6S2. The van der Waals surface area contributed by atoms with Gasteiger partial charge in [-0.3, -0.25) is 5.32 Å². The third-order valence-electron chi connectivity index (χ3n) is 7.31. The Morgan fingerprint density at radius 2 is 1.96 bits per heavy atom. The zero-order valence-corrected chi connectivity index (χ0v) is 28.1. The predicted molar refractivity (Wildman–Crippen MR) is 174 cm³/mol. The molecule has 2 N–H and O–H groups in total. The highest BCUT2D eigenvalue weighted by atomic mass is 35.5. The summed E-state index contributed by atoms with van der Waals surface area (Å²) in [5.41, 5.74) is 1.22. The van der Waals surface area contributed by atoms with Crippen LogP contribution in [0.15, 0.2) is 17.3 Å². The third-order valence-corrected chi connectivity index (χ3v) is 10.3. The number of nitriles is 1. The number of sulfone groups is 1. The summed E-state index contributed by atoms with van der Waals surface area (Å²) in [5.74, 6) is -0.781. The van der Waals surface area contributed by atoms with Crippen LogP contribution in [0.3, 0.4) is 0 Å². The fraction of sp³-hybridized carbons (Fsp3) is 0.387. The summed E-state index contributed by atoms with van der Waals surface area (Å²) in [6.45, 7) is 8.63. The lowest BCUT2D eigenvalue weighted by Crippen LogP contribution is -2.27. The smallest absolute Gasteiger partial charge is 0.412 e. The molecular weight excluding hydrogens is 657 g/mol. The molecule has 3 heterocycles. The fourth-order valence-electron chi connectivity index (χ4n) is 5.30. The van der Waals surface area contributed by atoms with Gasteiger partial charge < -0.3 is 19.6 Å². The van der Waals surface area contributed by atoms with Crippen molar-refractivity contribution >= 4 is 77.0 Å². The number of carbonyl (C=O) groups is 2. The van der Waals surface area contributed by atoms with Crippen LogP contribution in [-0.2, 0) is 37.3 Å². The lowest BCUT2D eigenvalue weighted by atomic mass is 9.91. The first kappa shape index (κ1) is 33.5. The maximum absolute atomic E-state index is 15.3. The van der Waals surface area contributed by atoms with Crippen LogP contribution < -0.4 is 10.6 Å². The second-order valence-corrected chi connectivity index (χ2v) is 15.2. The van der Waals surface area contributed by atoms with E-state index in [0.717, 1.165) is 17.6 Å². The largest absolute Gasteiger partial charge is 0.444 e. The highest BCUT2D eigenvalue weighted by Gasteiger charge is 2.32. The Labute approximate surface area is 274 Å². The first-order valence-electron chi connectivity index (χ1n) is 14.5. The zero-order valence-electron chi connectivity index (χ0n) is 25.7. The molecule has 0 fully saturated rings. The summed E-state index contributed by atoms with van der Waals surface area (Å²) in [7, 11) is -3.93. The van der Waals surface area contributed by atoms with E-state index < -0.39 is 38.5 Å². The quantitative estimate of drug-likeness (QED) is 0.137. The normalized spacial score (nSPS) is 13.8. The Morgan fingerprint density at radius 1 is 1.24 bits per heavy atom. The SMILES string of the molecule is CCC[C@H](C=O)Nc1nc(S(=O)(=O)CC)nc2c(Cl)c(-c3ccc(F)c4sc(NC(=O)OC(C)(C)C)c(C#N)c34)c3c(c12)COC3. The van der Waals surface area contributed by atoms with E-state index in [1.807, 2.05) is 6.92 Å². The van der Waals surface area contributed by atoms with Gasteiger partial charge in [0.05, 0.1) is 51.2 Å². The number of nitrogens with one attached hydrogen (secondary N) is 2. The maximum Gasteiger partial charge on any atom is 0.412 e. The molecule has 1 amide bonds. The van der Waals surface area contributed by atoms with E-state index >= 15 is 4.39 Å². The molecule has 5 rings (SSSR count). The van der Waals surface area contributed by atoms with Crippen molar-refractivity contribution in [1.82, 2.24) is 9.97 Å². The van der Waals surface area contributed by atoms with Crippen molar-refractivity contribution in [2.45, 2.75) is 77.5 Å².